The molecule has 0 spiro atoms. The number of methoxy groups -OCH3 is 1. The minimum atomic E-state index is -3.49. The van der Waals surface area contributed by atoms with E-state index < -0.39 is 32.4 Å². The van der Waals surface area contributed by atoms with Gasteiger partial charge in [-0.3, -0.25) is 13.2 Å². The van der Waals surface area contributed by atoms with E-state index in [4.69, 9.17) is 0 Å². The van der Waals surface area contributed by atoms with E-state index in [-0.39, 0.29) is 12.4 Å². The average Bonchev–Trinajstić information content (AvgIpc) is 2.12. The van der Waals surface area contributed by atoms with Gasteiger partial charge in [0.25, 0.3) is 20.2 Å². The minimum Gasteiger partial charge on any atom is -0.382 e. The highest BCUT2D eigenvalue weighted by Crippen LogP contribution is 1.97. The van der Waals surface area contributed by atoms with Gasteiger partial charge in [0.1, 0.15) is 6.10 Å². The summed E-state index contributed by atoms with van der Waals surface area (Å²) in [7, 11) is -5.33. The predicted octanol–water partition coefficient (Wildman–Crippen LogP) is -0.0624. The lowest BCUT2D eigenvalue weighted by atomic mass is 10.3. The van der Waals surface area contributed by atoms with E-state index in [1.54, 1.807) is 6.92 Å². The lowest BCUT2D eigenvalue weighted by Crippen LogP contribution is -2.20. The van der Waals surface area contributed by atoms with E-state index in [0.717, 1.165) is 12.5 Å². The van der Waals surface area contributed by atoms with Crippen molar-refractivity contribution < 1.29 is 34.7 Å². The van der Waals surface area contributed by atoms with E-state index in [2.05, 4.69) is 13.1 Å². The Balaban J connectivity index is 0. The number of carbonyl (C=O) groups is 1. The molecule has 0 saturated heterocycles. The normalized spacial score (nSPS) is 14.9. The monoisotopic (exact) mass is 334 g/mol. The van der Waals surface area contributed by atoms with Gasteiger partial charge in [-0.05, 0) is 20.8 Å². The molecule has 0 aromatic rings. The molecule has 0 bridgehead atoms. The Morgan fingerprint density at radius 2 is 1.40 bits per heavy atom. The molecule has 0 aliphatic rings. The van der Waals surface area contributed by atoms with Gasteiger partial charge >= 0.3 is 0 Å². The summed E-state index contributed by atoms with van der Waals surface area (Å²) in [5.41, 5.74) is 0. The molecule has 0 rings (SSSR count). The van der Waals surface area contributed by atoms with Crippen LogP contribution in [0.1, 0.15) is 20.8 Å². The van der Waals surface area contributed by atoms with E-state index in [1.165, 1.54) is 21.0 Å². The number of carbonyl (C=O) groups excluding carboxylic acids is 1. The Hall–Kier alpha value is -0.550. The molecular formula is C10H22O8S2. The van der Waals surface area contributed by atoms with Crippen LogP contribution in [0.4, 0.5) is 0 Å². The Kier molecular flexibility index (Phi) is 10.2. The van der Waals surface area contributed by atoms with Crippen molar-refractivity contribution in [2.45, 2.75) is 33.0 Å². The van der Waals surface area contributed by atoms with E-state index in [9.17, 15) is 21.6 Å². The zero-order valence-electron chi connectivity index (χ0n) is 12.4. The van der Waals surface area contributed by atoms with Crippen LogP contribution in [0.5, 0.6) is 0 Å². The standard InChI is InChI=1S/C5H12O4S.C5H10O4S/c1-5(4-8-2)9-10(3,6)7;1-4(6)5(2)9-10(3,7)8/h5H,4H2,1-3H3;5H,1-3H3. The number of hydrogen-bond acceptors (Lipinski definition) is 8. The third kappa shape index (κ3) is 17.4. The van der Waals surface area contributed by atoms with Crippen molar-refractivity contribution in [2.75, 3.05) is 26.2 Å². The summed E-state index contributed by atoms with van der Waals surface area (Å²) in [5.74, 6) is -0.301. The Morgan fingerprint density at radius 1 is 1.00 bits per heavy atom. The second-order valence-electron chi connectivity index (χ2n) is 4.12. The van der Waals surface area contributed by atoms with Gasteiger partial charge in [0.15, 0.2) is 5.78 Å². The van der Waals surface area contributed by atoms with Crippen molar-refractivity contribution in [3.63, 3.8) is 0 Å². The molecule has 0 heterocycles. The maximum absolute atomic E-state index is 10.4. The molecule has 0 aliphatic heterocycles. The largest absolute Gasteiger partial charge is 0.382 e. The molecular weight excluding hydrogens is 312 g/mol. The van der Waals surface area contributed by atoms with Crippen molar-refractivity contribution in [1.82, 2.24) is 0 Å². The number of ketones is 1. The first-order chi connectivity index (χ1) is 8.78. The number of rotatable bonds is 7. The van der Waals surface area contributed by atoms with Crippen LogP contribution in [-0.2, 0) is 38.1 Å². The second kappa shape index (κ2) is 9.40. The van der Waals surface area contributed by atoms with Crippen LogP contribution >= 0.6 is 0 Å². The average molecular weight is 334 g/mol. The third-order valence-corrected chi connectivity index (χ3v) is 2.95. The highest BCUT2D eigenvalue weighted by molar-refractivity contribution is 7.86. The summed E-state index contributed by atoms with van der Waals surface area (Å²) >= 11 is 0. The first-order valence-electron chi connectivity index (χ1n) is 5.54. The van der Waals surface area contributed by atoms with Crippen molar-refractivity contribution in [2.24, 2.45) is 0 Å². The highest BCUT2D eigenvalue weighted by Gasteiger charge is 2.13. The molecule has 10 heteroatoms. The Labute approximate surface area is 120 Å². The molecule has 2 unspecified atom stereocenters. The first kappa shape index (κ1) is 21.7. The maximum atomic E-state index is 10.4. The minimum absolute atomic E-state index is 0.285. The molecule has 0 N–H and O–H groups in total. The number of Topliss-reactive ketones (excluding diaryl/α,β-unsaturated/α-hetero) is 1. The maximum Gasteiger partial charge on any atom is 0.265 e. The van der Waals surface area contributed by atoms with E-state index >= 15 is 0 Å². The van der Waals surface area contributed by atoms with Crippen molar-refractivity contribution >= 4 is 26.0 Å². The van der Waals surface area contributed by atoms with Crippen LogP contribution in [0, 0.1) is 0 Å². The van der Waals surface area contributed by atoms with Crippen LogP contribution in [0.2, 0.25) is 0 Å². The van der Waals surface area contributed by atoms with Gasteiger partial charge in [-0.25, -0.2) is 0 Å². The fourth-order valence-corrected chi connectivity index (χ4v) is 2.20. The van der Waals surface area contributed by atoms with Gasteiger partial charge in [-0.2, -0.15) is 16.8 Å². The van der Waals surface area contributed by atoms with Gasteiger partial charge in [0, 0.05) is 7.11 Å². The van der Waals surface area contributed by atoms with Crippen LogP contribution < -0.4 is 0 Å². The lowest BCUT2D eigenvalue weighted by molar-refractivity contribution is -0.122. The third-order valence-electron chi connectivity index (χ3n) is 1.63. The second-order valence-corrected chi connectivity index (χ2v) is 7.32. The van der Waals surface area contributed by atoms with Crippen LogP contribution in [0.25, 0.3) is 0 Å². The number of hydrogen-bond donors (Lipinski definition) is 0. The number of ether oxygens (including phenoxy) is 1. The fraction of sp³-hybridized carbons (Fsp3) is 0.900. The summed E-state index contributed by atoms with van der Waals surface area (Å²) < 4.78 is 55.1. The molecule has 122 valence electrons. The van der Waals surface area contributed by atoms with E-state index in [0.29, 0.717) is 0 Å². The summed E-state index contributed by atoms with van der Waals surface area (Å²) in [6, 6.07) is 0. The molecule has 0 saturated carbocycles. The summed E-state index contributed by atoms with van der Waals surface area (Å²) in [6.45, 7) is 4.58. The summed E-state index contributed by atoms with van der Waals surface area (Å²) in [5, 5.41) is 0. The van der Waals surface area contributed by atoms with Crippen molar-refractivity contribution in [3.05, 3.63) is 0 Å². The van der Waals surface area contributed by atoms with Gasteiger partial charge in [0.05, 0.1) is 25.2 Å². The van der Waals surface area contributed by atoms with Gasteiger partial charge in [-0.1, -0.05) is 0 Å². The van der Waals surface area contributed by atoms with Gasteiger partial charge in [0.2, 0.25) is 0 Å². The molecule has 0 radical (unpaired) electrons. The Bertz CT molecular complexity index is 479. The van der Waals surface area contributed by atoms with Crippen LogP contribution in [0.3, 0.4) is 0 Å². The zero-order valence-corrected chi connectivity index (χ0v) is 14.1. The first-order valence-corrected chi connectivity index (χ1v) is 9.17. The summed E-state index contributed by atoms with van der Waals surface area (Å²) in [4.78, 5) is 10.4. The Morgan fingerprint density at radius 3 is 1.60 bits per heavy atom. The molecule has 0 amide bonds. The topological polar surface area (TPSA) is 113 Å². The SMILES string of the molecule is CC(=O)C(C)OS(C)(=O)=O.COCC(C)OS(C)(=O)=O. The zero-order chi connectivity index (χ0) is 16.6. The van der Waals surface area contributed by atoms with Gasteiger partial charge in [-0.15, -0.1) is 0 Å². The fourth-order valence-electron chi connectivity index (χ4n) is 0.891. The molecule has 0 aromatic carbocycles. The van der Waals surface area contributed by atoms with Crippen molar-refractivity contribution in [1.29, 1.82) is 0 Å². The highest BCUT2D eigenvalue weighted by atomic mass is 32.2. The van der Waals surface area contributed by atoms with Crippen LogP contribution in [-0.4, -0.2) is 61.1 Å². The quantitative estimate of drug-likeness (QED) is 0.595. The molecule has 8 nitrogen and oxygen atoms in total. The molecule has 2 atom stereocenters. The smallest absolute Gasteiger partial charge is 0.265 e. The van der Waals surface area contributed by atoms with E-state index in [1.807, 2.05) is 0 Å². The predicted molar refractivity (Wildman–Crippen MR) is 73.3 cm³/mol. The lowest BCUT2D eigenvalue weighted by Gasteiger charge is -2.08. The molecule has 0 aliphatic carbocycles. The summed E-state index contributed by atoms with van der Waals surface area (Å²) in [6.07, 6.45) is 0.654. The molecule has 0 fully saturated rings. The van der Waals surface area contributed by atoms with Crippen LogP contribution in [0.15, 0.2) is 0 Å². The van der Waals surface area contributed by atoms with Gasteiger partial charge < -0.3 is 4.74 Å². The molecule has 0 aromatic heterocycles. The molecule has 20 heavy (non-hydrogen) atoms. The van der Waals surface area contributed by atoms with Crippen molar-refractivity contribution in [3.8, 4) is 0 Å².